The van der Waals surface area contributed by atoms with E-state index in [0.29, 0.717) is 10.2 Å². The van der Waals surface area contributed by atoms with Crippen molar-refractivity contribution < 1.29 is 13.3 Å². The van der Waals surface area contributed by atoms with Crippen LogP contribution < -0.4 is 5.73 Å². The molecule has 2 N–H and O–H groups in total. The van der Waals surface area contributed by atoms with E-state index in [1.54, 1.807) is 6.07 Å². The van der Waals surface area contributed by atoms with E-state index in [0.717, 1.165) is 4.47 Å². The molecule has 1 aromatic rings. The lowest BCUT2D eigenvalue weighted by atomic mass is 10.3. The Hall–Kier alpha value is -0.630. The quantitative estimate of drug-likeness (QED) is 0.672. The Kier molecular flexibility index (Phi) is 3.72. The smallest absolute Gasteiger partial charge is 0.264 e. The van der Waals surface area contributed by atoms with Crippen molar-refractivity contribution in [1.29, 1.82) is 0 Å². The molecule has 0 aromatic heterocycles. The van der Waals surface area contributed by atoms with E-state index in [1.807, 2.05) is 0 Å². The van der Waals surface area contributed by atoms with Crippen LogP contribution in [0.5, 0.6) is 0 Å². The van der Waals surface area contributed by atoms with Gasteiger partial charge in [0.1, 0.15) is 0 Å². The largest absolute Gasteiger partial charge is 0.398 e. The van der Waals surface area contributed by atoms with Crippen molar-refractivity contribution in [2.24, 2.45) is 0 Å². The topological polar surface area (TPSA) is 72.6 Å². The normalized spacial score (nSPS) is 12.0. The molecule has 0 fully saturated rings. The van der Waals surface area contributed by atoms with Crippen molar-refractivity contribution in [3.8, 4) is 0 Å². The van der Waals surface area contributed by atoms with Crippen molar-refractivity contribution in [2.75, 3.05) is 19.9 Å². The summed E-state index contributed by atoms with van der Waals surface area (Å²) in [5.74, 6) is 0. The van der Waals surface area contributed by atoms with Gasteiger partial charge >= 0.3 is 0 Å². The maximum Gasteiger partial charge on any atom is 0.264 e. The number of nitrogens with zero attached hydrogens (tertiary/aromatic N) is 1. The molecule has 0 saturated heterocycles. The summed E-state index contributed by atoms with van der Waals surface area (Å²) >= 11 is 3.19. The minimum atomic E-state index is -3.62. The van der Waals surface area contributed by atoms with E-state index in [2.05, 4.69) is 20.8 Å². The Morgan fingerprint density at radius 2 is 2.07 bits per heavy atom. The second-order valence-electron chi connectivity index (χ2n) is 2.78. The standard InChI is InChI=1S/C8H11BrN2O3S/c1-11(14-2)15(12,13)6-3-4-7(9)8(10)5-6/h3-5H,10H2,1-2H3. The van der Waals surface area contributed by atoms with Gasteiger partial charge in [0, 0.05) is 17.2 Å². The van der Waals surface area contributed by atoms with E-state index in [4.69, 9.17) is 5.73 Å². The number of hydrogen-bond donors (Lipinski definition) is 1. The van der Waals surface area contributed by atoms with Crippen LogP contribution in [-0.2, 0) is 14.9 Å². The maximum atomic E-state index is 11.8. The molecule has 0 heterocycles. The fraction of sp³-hybridized carbons (Fsp3) is 0.250. The molecule has 0 amide bonds. The van der Waals surface area contributed by atoms with Crippen molar-refractivity contribution in [1.82, 2.24) is 4.47 Å². The van der Waals surface area contributed by atoms with Gasteiger partial charge in [0.2, 0.25) is 0 Å². The molecule has 1 aromatic carbocycles. The number of sulfonamides is 1. The average molecular weight is 295 g/mol. The molecule has 0 aliphatic carbocycles. The lowest BCUT2D eigenvalue weighted by molar-refractivity contribution is -0.0258. The third-order valence-electron chi connectivity index (χ3n) is 1.86. The van der Waals surface area contributed by atoms with Crippen LogP contribution in [0.3, 0.4) is 0 Å². The number of hydrogen-bond acceptors (Lipinski definition) is 4. The zero-order valence-corrected chi connectivity index (χ0v) is 10.7. The molecule has 1 rings (SSSR count). The first-order valence-corrected chi connectivity index (χ1v) is 6.21. The minimum Gasteiger partial charge on any atom is -0.398 e. The molecule has 0 saturated carbocycles. The van der Waals surface area contributed by atoms with E-state index < -0.39 is 10.0 Å². The van der Waals surface area contributed by atoms with Gasteiger partial charge in [0.15, 0.2) is 0 Å². The third kappa shape index (κ3) is 2.49. The van der Waals surface area contributed by atoms with Gasteiger partial charge in [-0.1, -0.05) is 4.47 Å². The van der Waals surface area contributed by atoms with Gasteiger partial charge < -0.3 is 5.73 Å². The Labute approximate surface area is 97.0 Å². The second kappa shape index (κ2) is 4.48. The molecular formula is C8H11BrN2O3S. The predicted octanol–water partition coefficient (Wildman–Crippen LogP) is 1.21. The van der Waals surface area contributed by atoms with Gasteiger partial charge in [-0.15, -0.1) is 0 Å². The van der Waals surface area contributed by atoms with Crippen molar-refractivity contribution in [3.63, 3.8) is 0 Å². The van der Waals surface area contributed by atoms with Crippen LogP contribution in [0.25, 0.3) is 0 Å². The molecule has 84 valence electrons. The van der Waals surface area contributed by atoms with Gasteiger partial charge in [0.05, 0.1) is 12.0 Å². The highest BCUT2D eigenvalue weighted by atomic mass is 79.9. The predicted molar refractivity (Wildman–Crippen MR) is 60.5 cm³/mol. The van der Waals surface area contributed by atoms with E-state index in [1.165, 1.54) is 26.3 Å². The summed E-state index contributed by atoms with van der Waals surface area (Å²) in [6.07, 6.45) is 0. The highest BCUT2D eigenvalue weighted by Crippen LogP contribution is 2.24. The minimum absolute atomic E-state index is 0.0903. The number of halogens is 1. The van der Waals surface area contributed by atoms with Crippen molar-refractivity contribution >= 4 is 31.6 Å². The lowest BCUT2D eigenvalue weighted by Crippen LogP contribution is -2.25. The van der Waals surface area contributed by atoms with Gasteiger partial charge in [-0.2, -0.15) is 0 Å². The molecule has 0 atom stereocenters. The molecule has 0 bridgehead atoms. The molecule has 7 heteroatoms. The summed E-state index contributed by atoms with van der Waals surface area (Å²) < 4.78 is 24.9. The molecule has 0 aliphatic rings. The number of hydroxylamine groups is 1. The Bertz CT molecular complexity index is 461. The number of rotatable bonds is 3. The first kappa shape index (κ1) is 12.4. The highest BCUT2D eigenvalue weighted by Gasteiger charge is 2.21. The van der Waals surface area contributed by atoms with Gasteiger partial charge in [-0.25, -0.2) is 8.42 Å². The maximum absolute atomic E-state index is 11.8. The van der Waals surface area contributed by atoms with E-state index >= 15 is 0 Å². The number of nitrogens with two attached hydrogens (primary N) is 1. The number of benzene rings is 1. The second-order valence-corrected chi connectivity index (χ2v) is 5.57. The fourth-order valence-electron chi connectivity index (χ4n) is 0.929. The van der Waals surface area contributed by atoms with Crippen LogP contribution in [0.4, 0.5) is 5.69 Å². The summed E-state index contributed by atoms with van der Waals surface area (Å²) in [4.78, 5) is 4.72. The van der Waals surface area contributed by atoms with Crippen LogP contribution in [0.1, 0.15) is 0 Å². The summed E-state index contributed by atoms with van der Waals surface area (Å²) in [6.45, 7) is 0. The summed E-state index contributed by atoms with van der Waals surface area (Å²) in [7, 11) is -1.03. The first-order valence-electron chi connectivity index (χ1n) is 3.97. The Morgan fingerprint density at radius 1 is 1.47 bits per heavy atom. The Balaban J connectivity index is 3.23. The molecule has 5 nitrogen and oxygen atoms in total. The van der Waals surface area contributed by atoms with Crippen LogP contribution >= 0.6 is 15.9 Å². The van der Waals surface area contributed by atoms with E-state index in [9.17, 15) is 8.42 Å². The lowest BCUT2D eigenvalue weighted by Gasteiger charge is -2.14. The highest BCUT2D eigenvalue weighted by molar-refractivity contribution is 9.10. The van der Waals surface area contributed by atoms with Crippen LogP contribution in [0, 0.1) is 0 Å². The number of anilines is 1. The Morgan fingerprint density at radius 3 is 2.53 bits per heavy atom. The van der Waals surface area contributed by atoms with Crippen molar-refractivity contribution in [2.45, 2.75) is 4.90 Å². The average Bonchev–Trinajstić information content (AvgIpc) is 2.20. The summed E-state index contributed by atoms with van der Waals surface area (Å²) in [5.41, 5.74) is 5.95. The zero-order valence-electron chi connectivity index (χ0n) is 8.27. The van der Waals surface area contributed by atoms with Crippen molar-refractivity contribution in [3.05, 3.63) is 22.7 Å². The summed E-state index contributed by atoms with van der Waals surface area (Å²) in [5, 5.41) is 0. The fourth-order valence-corrected chi connectivity index (χ4v) is 2.18. The third-order valence-corrected chi connectivity index (χ3v) is 4.26. The van der Waals surface area contributed by atoms with Gasteiger partial charge in [0.25, 0.3) is 10.0 Å². The van der Waals surface area contributed by atoms with Gasteiger partial charge in [-0.05, 0) is 34.1 Å². The molecule has 0 spiro atoms. The first-order chi connectivity index (χ1) is 6.89. The van der Waals surface area contributed by atoms with Crippen LogP contribution in [-0.4, -0.2) is 27.0 Å². The summed E-state index contributed by atoms with van der Waals surface area (Å²) in [6, 6.07) is 4.39. The van der Waals surface area contributed by atoms with E-state index in [-0.39, 0.29) is 4.90 Å². The van der Waals surface area contributed by atoms with Gasteiger partial charge in [-0.3, -0.25) is 4.84 Å². The van der Waals surface area contributed by atoms with Crippen LogP contribution in [0.2, 0.25) is 0 Å². The van der Waals surface area contributed by atoms with Crippen LogP contribution in [0.15, 0.2) is 27.6 Å². The molecule has 0 aliphatic heterocycles. The number of nitrogen functional groups attached to an aromatic ring is 1. The molecular weight excluding hydrogens is 284 g/mol. The monoisotopic (exact) mass is 294 g/mol. The molecule has 0 unspecified atom stereocenters. The zero-order chi connectivity index (χ0) is 11.6. The SMILES string of the molecule is CON(C)S(=O)(=O)c1ccc(Br)c(N)c1. The molecule has 15 heavy (non-hydrogen) atoms. The molecule has 0 radical (unpaired) electrons.